The van der Waals surface area contributed by atoms with Crippen LogP contribution in [-0.2, 0) is 4.79 Å². The third-order valence-electron chi connectivity index (χ3n) is 3.50. The number of carbonyl (C=O) groups excluding carboxylic acids is 1. The zero-order valence-corrected chi connectivity index (χ0v) is 13.9. The first-order valence-corrected chi connectivity index (χ1v) is 8.08. The van der Waals surface area contributed by atoms with Gasteiger partial charge in [-0.05, 0) is 42.5 Å². The number of phenolic OH excluding ortho intramolecular Hbond substituents is 1. The minimum absolute atomic E-state index is 0.143. The number of nitrogens with one attached hydrogen (secondary N) is 1. The van der Waals surface area contributed by atoms with Crippen molar-refractivity contribution in [2.45, 2.75) is 6.92 Å². The lowest BCUT2D eigenvalue weighted by atomic mass is 10.1. The van der Waals surface area contributed by atoms with E-state index in [9.17, 15) is 20.0 Å². The molecule has 0 atom stereocenters. The van der Waals surface area contributed by atoms with Gasteiger partial charge in [-0.3, -0.25) is 14.9 Å². The number of aliphatic imine (C=N–C) groups is 1. The average Bonchev–Trinajstić information content (AvgIpc) is 2.91. The molecular weight excluding hydrogens is 342 g/mol. The molecule has 0 spiro atoms. The highest BCUT2D eigenvalue weighted by molar-refractivity contribution is 8.18. The van der Waals surface area contributed by atoms with Crippen LogP contribution in [0.3, 0.4) is 0 Å². The summed E-state index contributed by atoms with van der Waals surface area (Å²) in [6.45, 7) is 1.92. The van der Waals surface area contributed by atoms with Crippen molar-refractivity contribution in [3.63, 3.8) is 0 Å². The third-order valence-corrected chi connectivity index (χ3v) is 4.41. The van der Waals surface area contributed by atoms with Crippen LogP contribution in [0.5, 0.6) is 5.75 Å². The number of phenols is 1. The number of hydrogen-bond acceptors (Lipinski definition) is 6. The number of thioether (sulfide) groups is 1. The topological polar surface area (TPSA) is 105 Å². The molecular formula is C17H13N3O4S. The summed E-state index contributed by atoms with van der Waals surface area (Å²) < 4.78 is 0. The van der Waals surface area contributed by atoms with Gasteiger partial charge in [-0.1, -0.05) is 18.2 Å². The quantitative estimate of drug-likeness (QED) is 0.498. The van der Waals surface area contributed by atoms with Crippen LogP contribution in [0.1, 0.15) is 11.1 Å². The Morgan fingerprint density at radius 1 is 1.28 bits per heavy atom. The van der Waals surface area contributed by atoms with Crippen molar-refractivity contribution < 1.29 is 14.8 Å². The van der Waals surface area contributed by atoms with Crippen LogP contribution in [0.4, 0.5) is 11.4 Å². The van der Waals surface area contributed by atoms with Crippen molar-refractivity contribution in [2.75, 3.05) is 0 Å². The number of para-hydroxylation sites is 1. The fourth-order valence-corrected chi connectivity index (χ4v) is 3.02. The molecule has 1 heterocycles. The zero-order chi connectivity index (χ0) is 18.0. The molecule has 1 saturated heterocycles. The molecule has 2 aromatic carbocycles. The summed E-state index contributed by atoms with van der Waals surface area (Å²) in [5.74, 6) is -0.515. The Labute approximate surface area is 147 Å². The van der Waals surface area contributed by atoms with Gasteiger partial charge in [0, 0.05) is 17.7 Å². The number of nitro benzene ring substituents is 1. The molecule has 0 unspecified atom stereocenters. The van der Waals surface area contributed by atoms with Gasteiger partial charge in [0.1, 0.15) is 5.75 Å². The highest BCUT2D eigenvalue weighted by Gasteiger charge is 2.24. The number of aryl methyl sites for hydroxylation is 1. The number of aromatic hydroxyl groups is 1. The highest BCUT2D eigenvalue weighted by atomic mass is 32.2. The first-order valence-electron chi connectivity index (χ1n) is 7.26. The van der Waals surface area contributed by atoms with E-state index in [-0.39, 0.29) is 22.9 Å². The van der Waals surface area contributed by atoms with Crippen LogP contribution in [0.2, 0.25) is 0 Å². The second-order valence-electron chi connectivity index (χ2n) is 5.27. The van der Waals surface area contributed by atoms with E-state index in [1.807, 2.05) is 31.2 Å². The lowest BCUT2D eigenvalue weighted by molar-refractivity contribution is -0.384. The largest absolute Gasteiger partial charge is 0.507 e. The van der Waals surface area contributed by atoms with Crippen molar-refractivity contribution in [1.82, 2.24) is 5.32 Å². The number of benzene rings is 2. The van der Waals surface area contributed by atoms with E-state index in [1.165, 1.54) is 24.3 Å². The van der Waals surface area contributed by atoms with Crippen molar-refractivity contribution in [2.24, 2.45) is 4.99 Å². The van der Waals surface area contributed by atoms with Crippen molar-refractivity contribution in [3.05, 3.63) is 68.6 Å². The lowest BCUT2D eigenvalue weighted by Gasteiger charge is -2.00. The molecule has 0 radical (unpaired) electrons. The van der Waals surface area contributed by atoms with Gasteiger partial charge in [-0.25, -0.2) is 4.99 Å². The number of hydrogen-bond donors (Lipinski definition) is 2. The standard InChI is InChI=1S/C17H13N3O4S/c1-10-4-2-3-5-13(10)18-17-19-16(22)15(25-17)9-11-8-12(20(23)24)6-7-14(11)21/h2-9,21H,1H3,(H,18,19,22)/b15-9-. The van der Waals surface area contributed by atoms with E-state index in [0.29, 0.717) is 10.1 Å². The molecule has 2 N–H and O–H groups in total. The summed E-state index contributed by atoms with van der Waals surface area (Å²) in [4.78, 5) is 27.1. The second kappa shape index (κ2) is 6.78. The van der Waals surface area contributed by atoms with E-state index in [1.54, 1.807) is 0 Å². The fourth-order valence-electron chi connectivity index (χ4n) is 2.19. The van der Waals surface area contributed by atoms with Gasteiger partial charge in [0.15, 0.2) is 5.17 Å². The SMILES string of the molecule is Cc1ccccc1N=C1NC(=O)/C(=C/c2cc([N+](=O)[O-])ccc2O)S1. The van der Waals surface area contributed by atoms with Gasteiger partial charge in [0.25, 0.3) is 11.6 Å². The van der Waals surface area contributed by atoms with Crippen LogP contribution < -0.4 is 5.32 Å². The van der Waals surface area contributed by atoms with Crippen molar-refractivity contribution in [1.29, 1.82) is 0 Å². The first-order chi connectivity index (χ1) is 11.9. The van der Waals surface area contributed by atoms with Crippen LogP contribution in [0.25, 0.3) is 6.08 Å². The number of nitrogens with zero attached hydrogens (tertiary/aromatic N) is 2. The fraction of sp³-hybridized carbons (Fsp3) is 0.0588. The molecule has 0 aromatic heterocycles. The molecule has 2 aromatic rings. The number of non-ortho nitro benzene ring substituents is 1. The Bertz CT molecular complexity index is 937. The molecule has 1 aliphatic heterocycles. The Morgan fingerprint density at radius 3 is 2.76 bits per heavy atom. The Kier molecular flexibility index (Phi) is 4.53. The minimum atomic E-state index is -0.561. The molecule has 0 saturated carbocycles. The summed E-state index contributed by atoms with van der Waals surface area (Å²) >= 11 is 1.11. The molecule has 1 aliphatic rings. The van der Waals surface area contributed by atoms with Crippen molar-refractivity contribution >= 4 is 40.3 Å². The Morgan fingerprint density at radius 2 is 2.04 bits per heavy atom. The predicted molar refractivity (Wildman–Crippen MR) is 96.7 cm³/mol. The van der Waals surface area contributed by atoms with Crippen LogP contribution >= 0.6 is 11.8 Å². The number of nitro groups is 1. The van der Waals surface area contributed by atoms with E-state index in [4.69, 9.17) is 0 Å². The summed E-state index contributed by atoms with van der Waals surface area (Å²) in [7, 11) is 0. The van der Waals surface area contributed by atoms with Gasteiger partial charge < -0.3 is 10.4 Å². The number of carbonyl (C=O) groups is 1. The maximum absolute atomic E-state index is 12.1. The van der Waals surface area contributed by atoms with Gasteiger partial charge in [-0.15, -0.1) is 0 Å². The molecule has 1 amide bonds. The lowest BCUT2D eigenvalue weighted by Crippen LogP contribution is -2.19. The van der Waals surface area contributed by atoms with E-state index >= 15 is 0 Å². The number of amides is 1. The molecule has 3 rings (SSSR count). The zero-order valence-electron chi connectivity index (χ0n) is 13.1. The molecule has 1 fully saturated rings. The predicted octanol–water partition coefficient (Wildman–Crippen LogP) is 3.50. The monoisotopic (exact) mass is 355 g/mol. The Hall–Kier alpha value is -3.13. The summed E-state index contributed by atoms with van der Waals surface area (Å²) in [5.41, 5.74) is 1.74. The average molecular weight is 355 g/mol. The minimum Gasteiger partial charge on any atom is -0.507 e. The maximum atomic E-state index is 12.1. The molecule has 25 heavy (non-hydrogen) atoms. The smallest absolute Gasteiger partial charge is 0.270 e. The highest BCUT2D eigenvalue weighted by Crippen LogP contribution is 2.32. The van der Waals surface area contributed by atoms with E-state index in [0.717, 1.165) is 23.0 Å². The van der Waals surface area contributed by atoms with Crippen LogP contribution in [0.15, 0.2) is 52.4 Å². The molecule has 0 bridgehead atoms. The second-order valence-corrected chi connectivity index (χ2v) is 6.30. The molecule has 7 nitrogen and oxygen atoms in total. The van der Waals surface area contributed by atoms with E-state index in [2.05, 4.69) is 10.3 Å². The first kappa shape index (κ1) is 16.7. The van der Waals surface area contributed by atoms with Gasteiger partial charge in [0.05, 0.1) is 15.5 Å². The van der Waals surface area contributed by atoms with Crippen molar-refractivity contribution in [3.8, 4) is 5.75 Å². The van der Waals surface area contributed by atoms with Gasteiger partial charge in [-0.2, -0.15) is 0 Å². The normalized spacial score (nSPS) is 17.1. The summed E-state index contributed by atoms with van der Waals surface area (Å²) in [6.07, 6.45) is 1.41. The Balaban J connectivity index is 1.91. The van der Waals surface area contributed by atoms with E-state index < -0.39 is 4.92 Å². The molecule has 0 aliphatic carbocycles. The number of rotatable bonds is 3. The molecule has 126 valence electrons. The molecule has 8 heteroatoms. The third kappa shape index (κ3) is 3.69. The van der Waals surface area contributed by atoms with Gasteiger partial charge in [0.2, 0.25) is 0 Å². The maximum Gasteiger partial charge on any atom is 0.270 e. The van der Waals surface area contributed by atoms with Crippen LogP contribution in [-0.4, -0.2) is 21.1 Å². The van der Waals surface area contributed by atoms with Crippen LogP contribution in [0, 0.1) is 17.0 Å². The number of amidine groups is 1. The van der Waals surface area contributed by atoms with Gasteiger partial charge >= 0.3 is 0 Å². The summed E-state index contributed by atoms with van der Waals surface area (Å²) in [5, 5.41) is 23.8. The summed E-state index contributed by atoms with van der Waals surface area (Å²) in [6, 6.07) is 11.1.